The van der Waals surface area contributed by atoms with E-state index >= 15 is 0 Å². The van der Waals surface area contributed by atoms with Crippen molar-refractivity contribution >= 4 is 0 Å². The number of rotatable bonds is 5. The first-order chi connectivity index (χ1) is 9.22. The molecule has 3 nitrogen and oxygen atoms in total. The minimum Gasteiger partial charge on any atom is -0.390 e. The smallest absolute Gasteiger partial charge is 0.105 e. The van der Waals surface area contributed by atoms with Crippen molar-refractivity contribution in [3.05, 3.63) is 60.2 Å². The van der Waals surface area contributed by atoms with Crippen molar-refractivity contribution in [3.63, 3.8) is 0 Å². The SMILES string of the molecule is NCCC(O)C(O)c1cccc(-c2ccccc2)c1. The van der Waals surface area contributed by atoms with Gasteiger partial charge in [0.1, 0.15) is 6.10 Å². The van der Waals surface area contributed by atoms with Crippen LogP contribution >= 0.6 is 0 Å². The van der Waals surface area contributed by atoms with Gasteiger partial charge < -0.3 is 15.9 Å². The second kappa shape index (κ2) is 6.48. The van der Waals surface area contributed by atoms with Gasteiger partial charge in [-0.15, -0.1) is 0 Å². The largest absolute Gasteiger partial charge is 0.390 e. The van der Waals surface area contributed by atoms with Gasteiger partial charge in [-0.3, -0.25) is 0 Å². The van der Waals surface area contributed by atoms with Crippen LogP contribution in [0, 0.1) is 0 Å². The molecule has 100 valence electrons. The Balaban J connectivity index is 2.25. The van der Waals surface area contributed by atoms with Gasteiger partial charge in [-0.1, -0.05) is 48.5 Å². The number of benzene rings is 2. The maximum atomic E-state index is 10.1. The summed E-state index contributed by atoms with van der Waals surface area (Å²) in [6.45, 7) is 0.358. The maximum absolute atomic E-state index is 10.1. The Hall–Kier alpha value is -1.68. The van der Waals surface area contributed by atoms with Crippen LogP contribution in [0.15, 0.2) is 54.6 Å². The fourth-order valence-electron chi connectivity index (χ4n) is 2.08. The predicted octanol–water partition coefficient (Wildman–Crippen LogP) is 2.10. The van der Waals surface area contributed by atoms with Crippen molar-refractivity contribution < 1.29 is 10.2 Å². The fraction of sp³-hybridized carbons (Fsp3) is 0.250. The van der Waals surface area contributed by atoms with Gasteiger partial charge in [0.05, 0.1) is 6.10 Å². The lowest BCUT2D eigenvalue weighted by Gasteiger charge is -2.18. The summed E-state index contributed by atoms with van der Waals surface area (Å²) in [5, 5.41) is 19.9. The van der Waals surface area contributed by atoms with Crippen molar-refractivity contribution in [1.82, 2.24) is 0 Å². The lowest BCUT2D eigenvalue weighted by Crippen LogP contribution is -2.21. The summed E-state index contributed by atoms with van der Waals surface area (Å²) < 4.78 is 0. The highest BCUT2D eigenvalue weighted by atomic mass is 16.3. The van der Waals surface area contributed by atoms with Crippen LogP contribution in [0.1, 0.15) is 18.1 Å². The molecule has 19 heavy (non-hydrogen) atoms. The summed E-state index contributed by atoms with van der Waals surface area (Å²) in [4.78, 5) is 0. The first kappa shape index (κ1) is 13.7. The fourth-order valence-corrected chi connectivity index (χ4v) is 2.08. The van der Waals surface area contributed by atoms with Crippen molar-refractivity contribution in [1.29, 1.82) is 0 Å². The summed E-state index contributed by atoms with van der Waals surface area (Å²) in [6, 6.07) is 17.5. The molecule has 2 atom stereocenters. The first-order valence-electron chi connectivity index (χ1n) is 6.44. The van der Waals surface area contributed by atoms with E-state index in [1.165, 1.54) is 0 Å². The van der Waals surface area contributed by atoms with E-state index in [2.05, 4.69) is 0 Å². The Morgan fingerprint density at radius 2 is 1.58 bits per heavy atom. The molecule has 0 radical (unpaired) electrons. The van der Waals surface area contributed by atoms with Crippen molar-refractivity contribution in [3.8, 4) is 11.1 Å². The van der Waals surface area contributed by atoms with Crippen molar-refractivity contribution in [2.24, 2.45) is 5.73 Å². The monoisotopic (exact) mass is 257 g/mol. The molecule has 0 aliphatic rings. The average molecular weight is 257 g/mol. The van der Waals surface area contributed by atoms with E-state index < -0.39 is 12.2 Å². The molecule has 2 unspecified atom stereocenters. The highest BCUT2D eigenvalue weighted by Crippen LogP contribution is 2.25. The third-order valence-corrected chi connectivity index (χ3v) is 3.16. The van der Waals surface area contributed by atoms with Crippen molar-refractivity contribution in [2.45, 2.75) is 18.6 Å². The molecule has 0 aliphatic carbocycles. The number of hydrogen-bond acceptors (Lipinski definition) is 3. The molecular formula is C16H19NO2. The van der Waals surface area contributed by atoms with Crippen LogP contribution in [0.3, 0.4) is 0 Å². The van der Waals surface area contributed by atoms with E-state index in [0.29, 0.717) is 18.5 Å². The van der Waals surface area contributed by atoms with Crippen LogP contribution in [-0.4, -0.2) is 22.9 Å². The molecular weight excluding hydrogens is 238 g/mol. The van der Waals surface area contributed by atoms with Gasteiger partial charge in [-0.05, 0) is 35.7 Å². The molecule has 0 bridgehead atoms. The summed E-state index contributed by atoms with van der Waals surface area (Å²) in [7, 11) is 0. The third kappa shape index (κ3) is 3.41. The molecule has 0 amide bonds. The summed E-state index contributed by atoms with van der Waals surface area (Å²) >= 11 is 0. The van der Waals surface area contributed by atoms with E-state index in [1.807, 2.05) is 54.6 Å². The predicted molar refractivity (Wildman–Crippen MR) is 76.5 cm³/mol. The van der Waals surface area contributed by atoms with E-state index in [-0.39, 0.29) is 0 Å². The van der Waals surface area contributed by atoms with Crippen LogP contribution in [-0.2, 0) is 0 Å². The molecule has 3 heteroatoms. The molecule has 2 rings (SSSR count). The Bertz CT molecular complexity index is 513. The zero-order valence-electron chi connectivity index (χ0n) is 10.7. The number of aliphatic hydroxyl groups excluding tert-OH is 2. The van der Waals surface area contributed by atoms with E-state index in [4.69, 9.17) is 5.73 Å². The molecule has 0 saturated carbocycles. The summed E-state index contributed by atoms with van der Waals surface area (Å²) in [5.41, 5.74) is 8.22. The van der Waals surface area contributed by atoms with E-state index in [9.17, 15) is 10.2 Å². The van der Waals surface area contributed by atoms with Gasteiger partial charge in [-0.2, -0.15) is 0 Å². The number of nitrogens with two attached hydrogens (primary N) is 1. The van der Waals surface area contributed by atoms with Crippen LogP contribution in [0.4, 0.5) is 0 Å². The van der Waals surface area contributed by atoms with Crippen LogP contribution < -0.4 is 5.73 Å². The Morgan fingerprint density at radius 1 is 0.895 bits per heavy atom. The second-order valence-corrected chi connectivity index (χ2v) is 4.58. The molecule has 2 aromatic rings. The van der Waals surface area contributed by atoms with E-state index in [1.54, 1.807) is 0 Å². The van der Waals surface area contributed by atoms with Gasteiger partial charge in [0.25, 0.3) is 0 Å². The summed E-state index contributed by atoms with van der Waals surface area (Å²) in [5.74, 6) is 0. The van der Waals surface area contributed by atoms with Gasteiger partial charge in [-0.25, -0.2) is 0 Å². The summed E-state index contributed by atoms with van der Waals surface area (Å²) in [6.07, 6.45) is -1.33. The topological polar surface area (TPSA) is 66.5 Å². The van der Waals surface area contributed by atoms with Crippen molar-refractivity contribution in [2.75, 3.05) is 6.54 Å². The van der Waals surface area contributed by atoms with Crippen LogP contribution in [0.25, 0.3) is 11.1 Å². The molecule has 4 N–H and O–H groups in total. The number of hydrogen-bond donors (Lipinski definition) is 3. The first-order valence-corrected chi connectivity index (χ1v) is 6.44. The van der Waals surface area contributed by atoms with Gasteiger partial charge in [0.2, 0.25) is 0 Å². The molecule has 0 aliphatic heterocycles. The molecule has 2 aromatic carbocycles. The maximum Gasteiger partial charge on any atom is 0.105 e. The second-order valence-electron chi connectivity index (χ2n) is 4.58. The standard InChI is InChI=1S/C16H19NO2/c17-10-9-15(18)16(19)14-8-4-7-13(11-14)12-5-2-1-3-6-12/h1-8,11,15-16,18-19H,9-10,17H2. The van der Waals surface area contributed by atoms with E-state index in [0.717, 1.165) is 11.1 Å². The minimum atomic E-state index is -0.896. The Kier molecular flexibility index (Phi) is 4.68. The molecule has 0 fully saturated rings. The highest BCUT2D eigenvalue weighted by Gasteiger charge is 2.17. The molecule has 0 saturated heterocycles. The zero-order chi connectivity index (χ0) is 13.7. The van der Waals surface area contributed by atoms with Gasteiger partial charge >= 0.3 is 0 Å². The van der Waals surface area contributed by atoms with Gasteiger partial charge in [0, 0.05) is 0 Å². The Morgan fingerprint density at radius 3 is 2.26 bits per heavy atom. The minimum absolute atomic E-state index is 0.358. The lowest BCUT2D eigenvalue weighted by molar-refractivity contribution is 0.0150. The van der Waals surface area contributed by atoms with Crippen LogP contribution in [0.2, 0.25) is 0 Å². The zero-order valence-corrected chi connectivity index (χ0v) is 10.7. The third-order valence-electron chi connectivity index (χ3n) is 3.16. The molecule has 0 spiro atoms. The highest BCUT2D eigenvalue weighted by molar-refractivity contribution is 5.64. The van der Waals surface area contributed by atoms with Crippen LogP contribution in [0.5, 0.6) is 0 Å². The normalized spacial score (nSPS) is 14.1. The average Bonchev–Trinajstić information content (AvgIpc) is 2.48. The molecule has 0 aromatic heterocycles. The quantitative estimate of drug-likeness (QED) is 0.768. The Labute approximate surface area is 113 Å². The lowest BCUT2D eigenvalue weighted by atomic mass is 9.97. The van der Waals surface area contributed by atoms with Gasteiger partial charge in [0.15, 0.2) is 0 Å². The molecule has 0 heterocycles. The number of aliphatic hydroxyl groups is 2.